The van der Waals surface area contributed by atoms with Crippen molar-refractivity contribution >= 4 is 21.6 Å². The van der Waals surface area contributed by atoms with Gasteiger partial charge in [-0.1, -0.05) is 31.2 Å². The number of hydrogen-bond acceptors (Lipinski definition) is 4. The molecule has 8 heteroatoms. The standard InChI is InChI=1S/C20H25FN2O4S/c1-5-18(23(28(4,25)26)19-9-7-6-8-17(19)21)20(24)22-14(2)15-10-12-16(27-3)13-11-15/h6-14,18H,5H2,1-4H3,(H,22,24)/t14-,18+/m0/s1. The smallest absolute Gasteiger partial charge is 0.244 e. The summed E-state index contributed by atoms with van der Waals surface area (Å²) in [6.45, 7) is 3.47. The molecule has 2 aromatic carbocycles. The summed E-state index contributed by atoms with van der Waals surface area (Å²) in [6, 6.07) is 11.2. The van der Waals surface area contributed by atoms with Crippen molar-refractivity contribution in [2.24, 2.45) is 0 Å². The monoisotopic (exact) mass is 408 g/mol. The number of carbonyl (C=O) groups is 1. The Labute approximate surface area is 165 Å². The number of nitrogens with one attached hydrogen (secondary N) is 1. The minimum Gasteiger partial charge on any atom is -0.497 e. The first-order chi connectivity index (χ1) is 13.2. The third-order valence-corrected chi connectivity index (χ3v) is 5.56. The number of rotatable bonds is 8. The first-order valence-electron chi connectivity index (χ1n) is 8.87. The lowest BCUT2D eigenvalue weighted by Gasteiger charge is -2.31. The molecule has 152 valence electrons. The maximum Gasteiger partial charge on any atom is 0.244 e. The van der Waals surface area contributed by atoms with E-state index in [0.717, 1.165) is 22.2 Å². The number of amides is 1. The molecule has 0 fully saturated rings. The largest absolute Gasteiger partial charge is 0.497 e. The molecular formula is C20H25FN2O4S. The lowest BCUT2D eigenvalue weighted by atomic mass is 10.1. The van der Waals surface area contributed by atoms with Crippen LogP contribution >= 0.6 is 0 Å². The molecule has 0 heterocycles. The quantitative estimate of drug-likeness (QED) is 0.728. The van der Waals surface area contributed by atoms with Crippen LogP contribution in [0.15, 0.2) is 48.5 Å². The van der Waals surface area contributed by atoms with E-state index in [4.69, 9.17) is 4.74 Å². The van der Waals surface area contributed by atoms with Gasteiger partial charge in [-0.05, 0) is 43.2 Å². The van der Waals surface area contributed by atoms with Crippen molar-refractivity contribution in [1.82, 2.24) is 5.32 Å². The van der Waals surface area contributed by atoms with Gasteiger partial charge in [0.25, 0.3) is 0 Å². The molecular weight excluding hydrogens is 383 g/mol. The molecule has 0 bridgehead atoms. The zero-order valence-electron chi connectivity index (χ0n) is 16.3. The molecule has 2 atom stereocenters. The molecule has 0 unspecified atom stereocenters. The number of methoxy groups -OCH3 is 1. The van der Waals surface area contributed by atoms with Gasteiger partial charge >= 0.3 is 0 Å². The molecule has 2 rings (SSSR count). The first kappa shape index (κ1) is 21.7. The highest BCUT2D eigenvalue weighted by Crippen LogP contribution is 2.26. The lowest BCUT2D eigenvalue weighted by Crippen LogP contribution is -2.50. The molecule has 2 aromatic rings. The van der Waals surface area contributed by atoms with Gasteiger partial charge in [0.1, 0.15) is 17.6 Å². The molecule has 6 nitrogen and oxygen atoms in total. The number of nitrogens with zero attached hydrogens (tertiary/aromatic N) is 1. The fourth-order valence-corrected chi connectivity index (χ4v) is 4.16. The molecule has 1 N–H and O–H groups in total. The Morgan fingerprint density at radius 2 is 1.79 bits per heavy atom. The number of anilines is 1. The number of para-hydroxylation sites is 1. The van der Waals surface area contributed by atoms with Crippen LogP contribution in [0.4, 0.5) is 10.1 Å². The molecule has 0 aromatic heterocycles. The summed E-state index contributed by atoms with van der Waals surface area (Å²) in [6.07, 6.45) is 1.14. The molecule has 0 aliphatic heterocycles. The molecule has 0 saturated heterocycles. The van der Waals surface area contributed by atoms with Crippen molar-refractivity contribution in [2.45, 2.75) is 32.4 Å². The van der Waals surface area contributed by atoms with E-state index in [1.165, 1.54) is 18.2 Å². The van der Waals surface area contributed by atoms with Crippen molar-refractivity contribution < 1.29 is 22.3 Å². The van der Waals surface area contributed by atoms with E-state index in [2.05, 4.69) is 5.32 Å². The van der Waals surface area contributed by atoms with Crippen LogP contribution in [0.2, 0.25) is 0 Å². The van der Waals surface area contributed by atoms with Crippen molar-refractivity contribution in [3.05, 3.63) is 59.9 Å². The highest BCUT2D eigenvalue weighted by molar-refractivity contribution is 7.92. The van der Waals surface area contributed by atoms with E-state index in [0.29, 0.717) is 5.75 Å². The molecule has 0 radical (unpaired) electrons. The number of ether oxygens (including phenoxy) is 1. The highest BCUT2D eigenvalue weighted by Gasteiger charge is 2.33. The number of hydrogen-bond donors (Lipinski definition) is 1. The van der Waals surface area contributed by atoms with Gasteiger partial charge in [-0.15, -0.1) is 0 Å². The second-order valence-electron chi connectivity index (χ2n) is 6.44. The normalized spacial score (nSPS) is 13.5. The van der Waals surface area contributed by atoms with Gasteiger partial charge in [0.15, 0.2) is 0 Å². The zero-order valence-corrected chi connectivity index (χ0v) is 17.2. The number of benzene rings is 2. The summed E-state index contributed by atoms with van der Waals surface area (Å²) in [5.41, 5.74) is 0.685. The highest BCUT2D eigenvalue weighted by atomic mass is 32.2. The molecule has 0 spiro atoms. The van der Waals surface area contributed by atoms with Crippen molar-refractivity contribution in [3.63, 3.8) is 0 Å². The summed E-state index contributed by atoms with van der Waals surface area (Å²) in [4.78, 5) is 12.9. The molecule has 0 aliphatic rings. The Hall–Kier alpha value is -2.61. The van der Waals surface area contributed by atoms with E-state index >= 15 is 0 Å². The van der Waals surface area contributed by atoms with Gasteiger partial charge in [-0.2, -0.15) is 0 Å². The second-order valence-corrected chi connectivity index (χ2v) is 8.30. The van der Waals surface area contributed by atoms with E-state index in [1.54, 1.807) is 33.1 Å². The minimum atomic E-state index is -3.89. The fraction of sp³-hybridized carbons (Fsp3) is 0.350. The second kappa shape index (κ2) is 9.05. The summed E-state index contributed by atoms with van der Waals surface area (Å²) in [5, 5.41) is 2.82. The van der Waals surface area contributed by atoms with Crippen LogP contribution < -0.4 is 14.4 Å². The Bertz CT molecular complexity index is 916. The molecule has 28 heavy (non-hydrogen) atoms. The number of sulfonamides is 1. The lowest BCUT2D eigenvalue weighted by molar-refractivity contribution is -0.122. The average Bonchev–Trinajstić information content (AvgIpc) is 2.65. The van der Waals surface area contributed by atoms with Gasteiger partial charge in [0, 0.05) is 0 Å². The van der Waals surface area contributed by atoms with Crippen LogP contribution in [0.5, 0.6) is 5.75 Å². The minimum absolute atomic E-state index is 0.149. The Morgan fingerprint density at radius 3 is 2.29 bits per heavy atom. The first-order valence-corrected chi connectivity index (χ1v) is 10.7. The van der Waals surface area contributed by atoms with E-state index in [-0.39, 0.29) is 18.2 Å². The van der Waals surface area contributed by atoms with Gasteiger partial charge < -0.3 is 10.1 Å². The maximum absolute atomic E-state index is 14.3. The fourth-order valence-electron chi connectivity index (χ4n) is 2.95. The Kier molecular flexibility index (Phi) is 7.01. The molecule has 0 saturated carbocycles. The van der Waals surface area contributed by atoms with Crippen LogP contribution in [0.1, 0.15) is 31.9 Å². The van der Waals surface area contributed by atoms with E-state index < -0.39 is 27.8 Å². The maximum atomic E-state index is 14.3. The summed E-state index contributed by atoms with van der Waals surface area (Å²) >= 11 is 0. The number of halogens is 1. The number of carbonyl (C=O) groups excluding carboxylic acids is 1. The average molecular weight is 408 g/mol. The Morgan fingerprint density at radius 1 is 1.18 bits per heavy atom. The molecule has 0 aliphatic carbocycles. The SMILES string of the molecule is CC[C@H](C(=O)N[C@@H](C)c1ccc(OC)cc1)N(c1ccccc1F)S(C)(=O)=O. The van der Waals surface area contributed by atoms with Crippen molar-refractivity contribution in [1.29, 1.82) is 0 Å². The van der Waals surface area contributed by atoms with Crippen LogP contribution in [-0.4, -0.2) is 33.7 Å². The van der Waals surface area contributed by atoms with Crippen LogP contribution in [0.25, 0.3) is 0 Å². The van der Waals surface area contributed by atoms with Crippen molar-refractivity contribution in [3.8, 4) is 5.75 Å². The third-order valence-electron chi connectivity index (χ3n) is 4.39. The van der Waals surface area contributed by atoms with Gasteiger partial charge in [-0.3, -0.25) is 9.10 Å². The van der Waals surface area contributed by atoms with Gasteiger partial charge in [-0.25, -0.2) is 12.8 Å². The van der Waals surface area contributed by atoms with Crippen LogP contribution in [0, 0.1) is 5.82 Å². The van der Waals surface area contributed by atoms with E-state index in [1.807, 2.05) is 12.1 Å². The topological polar surface area (TPSA) is 75.7 Å². The van der Waals surface area contributed by atoms with Crippen molar-refractivity contribution in [2.75, 3.05) is 17.7 Å². The van der Waals surface area contributed by atoms with Gasteiger partial charge in [0.05, 0.1) is 25.1 Å². The summed E-state index contributed by atoms with van der Waals surface area (Å²) in [5.74, 6) is -0.515. The zero-order chi connectivity index (χ0) is 20.9. The summed E-state index contributed by atoms with van der Waals surface area (Å²) in [7, 11) is -2.33. The predicted octanol–water partition coefficient (Wildman–Crippen LogP) is 3.26. The van der Waals surface area contributed by atoms with Crippen LogP contribution in [-0.2, 0) is 14.8 Å². The van der Waals surface area contributed by atoms with Gasteiger partial charge in [0.2, 0.25) is 15.9 Å². The van der Waals surface area contributed by atoms with Crippen LogP contribution in [0.3, 0.4) is 0 Å². The third kappa shape index (κ3) is 5.01. The molecule has 1 amide bonds. The predicted molar refractivity (Wildman–Crippen MR) is 107 cm³/mol. The Balaban J connectivity index is 2.29. The van der Waals surface area contributed by atoms with E-state index in [9.17, 15) is 17.6 Å². The summed E-state index contributed by atoms with van der Waals surface area (Å²) < 4.78 is 45.0.